The van der Waals surface area contributed by atoms with Crippen LogP contribution < -0.4 is 60.8 Å². The lowest BCUT2D eigenvalue weighted by Gasteiger charge is -2.47. The molecule has 4 fully saturated rings. The molecule has 0 bridgehead atoms. The molecule has 672 valence electrons. The van der Waals surface area contributed by atoms with E-state index in [2.05, 4.69) is 0 Å². The summed E-state index contributed by atoms with van der Waals surface area (Å²) in [6.45, 7) is 5.70. The normalized spacial score (nSPS) is 36.0. The maximum absolute atomic E-state index is 13.1. The molecule has 4 aromatic carbocycles. The number of ether oxygens (including phenoxy) is 12. The number of piperidine rings is 4. The summed E-state index contributed by atoms with van der Waals surface area (Å²) in [6.07, 6.45) is -18.2. The minimum absolute atomic E-state index is 0.0151. The van der Waals surface area contributed by atoms with Crippen LogP contribution in [0.3, 0.4) is 0 Å². The summed E-state index contributed by atoms with van der Waals surface area (Å²) in [4.78, 5) is 58.6. The molecule has 24 nitrogen and oxygen atoms in total. The van der Waals surface area contributed by atoms with Gasteiger partial charge in [0, 0.05) is 159 Å². The first-order valence-electron chi connectivity index (χ1n) is 58.9. The highest BCUT2D eigenvalue weighted by Crippen LogP contribution is 2.50. The number of esters is 4. The van der Waals surface area contributed by atoms with Gasteiger partial charge < -0.3 is 79.8 Å². The van der Waals surface area contributed by atoms with Crippen LogP contribution in [-0.4, -0.2) is 201 Å². The van der Waals surface area contributed by atoms with Gasteiger partial charge in [0.25, 0.3) is 0 Å². The molecule has 0 amide bonds. The zero-order valence-corrected chi connectivity index (χ0v) is 72.6. The Morgan fingerprint density at radius 2 is 0.583 bits per heavy atom. The summed E-state index contributed by atoms with van der Waals surface area (Å²) < 4.78 is 366. The Morgan fingerprint density at radius 1 is 0.358 bits per heavy atom. The Morgan fingerprint density at radius 3 is 0.825 bits per heavy atom. The van der Waals surface area contributed by atoms with Gasteiger partial charge >= 0.3 is 23.9 Å². The molecule has 20 atom stereocenters. The molecule has 8 aliphatic rings. The minimum atomic E-state index is -3.09. The van der Waals surface area contributed by atoms with Crippen LogP contribution in [0.15, 0.2) is 48.5 Å². The summed E-state index contributed by atoms with van der Waals surface area (Å²) in [5, 5.41) is 0. The van der Waals surface area contributed by atoms with Gasteiger partial charge in [-0.15, -0.1) is 0 Å². The molecular weight excluding hydrogens is 1520 g/mol. The van der Waals surface area contributed by atoms with Crippen molar-refractivity contribution in [1.29, 1.82) is 0 Å². The first-order valence-corrected chi connectivity index (χ1v) is 40.9. The number of nitrogens with two attached hydrogens (primary N) is 4. The van der Waals surface area contributed by atoms with Gasteiger partial charge in [0.1, 0.15) is 48.5 Å². The fourth-order valence-corrected chi connectivity index (χ4v) is 16.0. The summed E-state index contributed by atoms with van der Waals surface area (Å²) in [5.74, 6) is -19.1. The number of fused-ring (bicyclic) bond motifs is 12. The van der Waals surface area contributed by atoms with E-state index in [1.807, 2.05) is 6.07 Å². The van der Waals surface area contributed by atoms with E-state index in [-0.39, 0.29) is 99.3 Å². The fourth-order valence-electron chi connectivity index (χ4n) is 16.0. The second-order valence-corrected chi connectivity index (χ2v) is 32.8. The van der Waals surface area contributed by atoms with E-state index >= 15 is 0 Å². The van der Waals surface area contributed by atoms with Crippen molar-refractivity contribution in [3.8, 4) is 46.0 Å². The Balaban J connectivity index is 0.000000230. The highest BCUT2D eigenvalue weighted by molar-refractivity contribution is 5.77. The van der Waals surface area contributed by atoms with E-state index in [0.29, 0.717) is 88.7 Å². The number of methoxy groups -OCH3 is 8. The lowest BCUT2D eigenvalue weighted by molar-refractivity contribution is -0.161. The zero-order chi connectivity index (χ0) is 119. The van der Waals surface area contributed by atoms with Gasteiger partial charge in [0.05, 0.1) is 73.2 Å². The predicted molar refractivity (Wildman–Crippen MR) is 471 cm³/mol. The molecule has 12 rings (SSSR count). The van der Waals surface area contributed by atoms with Gasteiger partial charge in [-0.25, -0.2) is 0 Å². The summed E-state index contributed by atoms with van der Waals surface area (Å²) in [6, 6.07) is 2.10. The molecule has 24 heteroatoms. The van der Waals surface area contributed by atoms with Gasteiger partial charge in [-0.05, 0) is 191 Å². The van der Waals surface area contributed by atoms with Crippen molar-refractivity contribution >= 4 is 23.9 Å². The number of carbonyl (C=O) groups excluding carboxylic acids is 4. The third kappa shape index (κ3) is 23.8. The first kappa shape index (κ1) is 57.4. The highest BCUT2D eigenvalue weighted by atomic mass is 16.6. The largest absolute Gasteiger partial charge is 0.493 e. The van der Waals surface area contributed by atoms with Gasteiger partial charge in [0.15, 0.2) is 46.0 Å². The van der Waals surface area contributed by atoms with E-state index in [9.17, 15) is 27.4 Å². The average Bonchev–Trinajstić information content (AvgIpc) is 0.703. The minimum Gasteiger partial charge on any atom is -0.493 e. The molecule has 16 unspecified atom stereocenters. The van der Waals surface area contributed by atoms with E-state index in [1.165, 1.54) is 66.9 Å². The van der Waals surface area contributed by atoms with E-state index < -0.39 is 229 Å². The smallest absolute Gasteiger partial charge is 0.323 e. The van der Waals surface area contributed by atoms with Crippen LogP contribution >= 0.6 is 0 Å². The third-order valence-electron chi connectivity index (χ3n) is 22.9. The van der Waals surface area contributed by atoms with Crippen LogP contribution in [-0.2, 0) is 63.8 Å². The van der Waals surface area contributed by atoms with Gasteiger partial charge in [0.2, 0.25) is 0 Å². The van der Waals surface area contributed by atoms with Crippen LogP contribution in [0, 0.1) is 70.9 Å². The molecule has 4 aromatic rings. The van der Waals surface area contributed by atoms with Crippen LogP contribution in [0.5, 0.6) is 46.0 Å². The number of benzene rings is 4. The van der Waals surface area contributed by atoms with E-state index in [1.54, 1.807) is 93.2 Å². The molecule has 0 saturated carbocycles. The summed E-state index contributed by atoms with van der Waals surface area (Å²) >= 11 is 0. The Bertz CT molecular complexity index is 5700. The predicted octanol–water partition coefficient (Wildman–Crippen LogP) is 14.3. The third-order valence-corrected chi connectivity index (χ3v) is 22.9. The maximum atomic E-state index is 13.1. The Labute approximate surface area is 769 Å². The number of carbonyl (C=O) groups is 4. The number of hydrogen-bond donors (Lipinski definition) is 4. The molecule has 8 N–H and O–H groups in total. The van der Waals surface area contributed by atoms with Gasteiger partial charge in [-0.2, -0.15) is 0 Å². The number of hydrogen-bond acceptors (Lipinski definition) is 24. The first-order chi connectivity index (χ1) is 70.7. The molecule has 0 aromatic heterocycles. The molecule has 4 saturated heterocycles. The van der Waals surface area contributed by atoms with Crippen LogP contribution in [0.1, 0.15) is 280 Å². The van der Waals surface area contributed by atoms with Crippen molar-refractivity contribution in [2.24, 2.45) is 93.9 Å². The molecule has 120 heavy (non-hydrogen) atoms. The second-order valence-electron chi connectivity index (χ2n) is 32.8. The highest BCUT2D eigenvalue weighted by Gasteiger charge is 2.47. The van der Waals surface area contributed by atoms with Gasteiger partial charge in [-0.3, -0.25) is 38.8 Å². The Kier molecular flexibility index (Phi) is 21.0. The van der Waals surface area contributed by atoms with Crippen molar-refractivity contribution in [1.82, 2.24) is 19.6 Å². The molecule has 0 spiro atoms. The van der Waals surface area contributed by atoms with Crippen molar-refractivity contribution in [3.63, 3.8) is 0 Å². The quantitative estimate of drug-likeness (QED) is 0.0303. The summed E-state index contributed by atoms with van der Waals surface area (Å²) in [7, 11) is 3.11. The maximum Gasteiger partial charge on any atom is 0.323 e. The van der Waals surface area contributed by atoms with Crippen LogP contribution in [0.4, 0.5) is 0 Å². The Hall–Kier alpha value is -7.16. The zero-order valence-electron chi connectivity index (χ0n) is 109. The van der Waals surface area contributed by atoms with Crippen molar-refractivity contribution in [2.75, 3.05) is 109 Å². The van der Waals surface area contributed by atoms with Gasteiger partial charge in [-0.1, -0.05) is 110 Å². The topological polar surface area (TPSA) is 296 Å². The molecule has 8 aliphatic heterocycles. The molecule has 0 aliphatic carbocycles. The van der Waals surface area contributed by atoms with Crippen molar-refractivity contribution in [2.45, 2.75) is 260 Å². The SMILES string of the molecule is [2H]C([2H])([2H])Oc1cc2c(cc1OC)C1([2H])CC(OC(=O)[C@@H](N)C(C)C)C(C([2H])([2H])C([2H])(C)C([2H])([2H])[2H])CN1CC2.[2H]C([2H])([2H])Oc1cc2c(cc1OC)C1([2H])CC([2H])(OC(=O)[C@@H](N)C(C)C)C(C([2H])([2H])C([2H])(C)C([2H])([2H])[2H])CN1CC2.[2H]C1(OC(=O)[C@@H](N)C(C)C)CC2([2H])c3cc(OC)c(OC)cc3CCN2CC1C([2H])([2H])C([2H])(C)C([2H])([2H])[2H].[2H]C12CC(OC(=O)[C@@H](N)C(C)C)C(C([2H])([2H])C([2H])(C)C([2H])([2H])[2H])CN1CCc1cc(OC)c(OC)cc12. The van der Waals surface area contributed by atoms with E-state index in [0.717, 1.165) is 38.8 Å². The van der Waals surface area contributed by atoms with Crippen molar-refractivity contribution in [3.05, 3.63) is 93.0 Å². The monoisotopic (exact) mass is 1710 g/mol. The molecule has 0 radical (unpaired) electrons. The van der Waals surface area contributed by atoms with E-state index in [4.69, 9.17) is 121 Å². The fraction of sp³-hybridized carbons (Fsp3) is 0.708. The lowest BCUT2D eigenvalue weighted by Crippen LogP contribution is -2.51. The molecular formula is C96H152N8O16. The standard InChI is InChI=1S/4C24H38N2O4/c4*1-14(2)9-17-13-26-8-7-16-10-21(28-5)22(29-6)11-18(16)19(26)12-20(17)30-24(27)23(25)15(3)4/h4*10-11,14-15,17,19-20,23H,7-9,12-13,25H2,1-6H3/t4*17?,19?,20?,23-/m0000/s1/i1D3,5D3,9D2,14D,19D,20D;1D3,9D2,14D,19D,20D;1D3,5D3,9D2,14D,19D;1D3,9D2,14D,19D/t4*14?,17?,19?,20?,23-. The molecule has 8 heterocycles. The average molecular weight is 1710 g/mol. The summed E-state index contributed by atoms with van der Waals surface area (Å²) in [5.41, 5.74) is 28.6. The van der Waals surface area contributed by atoms with Crippen molar-refractivity contribution < 1.29 is 125 Å². The van der Waals surface area contributed by atoms with Crippen LogP contribution in [0.25, 0.3) is 0 Å². The number of rotatable bonds is 28. The number of nitrogens with zero attached hydrogens (tertiary/aromatic N) is 4. The lowest BCUT2D eigenvalue weighted by atomic mass is 9.79. The second kappa shape index (κ2) is 43.9. The van der Waals surface area contributed by atoms with Crippen LogP contribution in [0.2, 0.25) is 0 Å².